The number of unbranched alkanes of at least 4 members (excludes halogenated alkanes) is 1. The van der Waals surface area contributed by atoms with Crippen molar-refractivity contribution < 1.29 is 13.6 Å². The standard InChI is InChI=1S/C22H22FN5O4/c1-2-3-9-27-20-19(26(14-24-20)12-17-8-5-10-32-17)21(30)28(22(27)31)13-18(29)25-16-7-4-6-15(23)11-16/h4-8,10-11,14H,2-3,9,12-13H2,1H3,(H,25,29). The highest BCUT2D eigenvalue weighted by Gasteiger charge is 2.20. The highest BCUT2D eigenvalue weighted by Crippen LogP contribution is 2.12. The Bertz CT molecular complexity index is 1370. The van der Waals surface area contributed by atoms with Crippen molar-refractivity contribution in [1.29, 1.82) is 0 Å². The molecular weight excluding hydrogens is 417 g/mol. The molecule has 0 aliphatic heterocycles. The van der Waals surface area contributed by atoms with Crippen LogP contribution in [0.1, 0.15) is 25.5 Å². The minimum absolute atomic E-state index is 0.204. The van der Waals surface area contributed by atoms with Gasteiger partial charge in [0.1, 0.15) is 18.1 Å². The lowest BCUT2D eigenvalue weighted by atomic mass is 10.3. The zero-order valence-electron chi connectivity index (χ0n) is 17.5. The third-order valence-corrected chi connectivity index (χ3v) is 5.04. The smallest absolute Gasteiger partial charge is 0.333 e. The van der Waals surface area contributed by atoms with E-state index in [-0.39, 0.29) is 23.4 Å². The number of amides is 1. The lowest BCUT2D eigenvalue weighted by molar-refractivity contribution is -0.116. The number of nitrogens with one attached hydrogen (secondary N) is 1. The fraction of sp³-hybridized carbons (Fsp3) is 0.273. The van der Waals surface area contributed by atoms with Gasteiger partial charge in [-0.05, 0) is 36.8 Å². The average molecular weight is 439 g/mol. The van der Waals surface area contributed by atoms with Gasteiger partial charge in [-0.3, -0.25) is 14.2 Å². The van der Waals surface area contributed by atoms with E-state index in [1.165, 1.54) is 35.4 Å². The number of rotatable bonds is 8. The molecule has 0 spiro atoms. The normalized spacial score (nSPS) is 11.2. The molecule has 9 nitrogen and oxygen atoms in total. The first-order chi connectivity index (χ1) is 15.5. The Morgan fingerprint density at radius 2 is 2.03 bits per heavy atom. The number of anilines is 1. The molecule has 4 aromatic rings. The predicted molar refractivity (Wildman–Crippen MR) is 116 cm³/mol. The monoisotopic (exact) mass is 439 g/mol. The molecule has 0 fully saturated rings. The van der Waals surface area contributed by atoms with E-state index in [0.29, 0.717) is 18.7 Å². The van der Waals surface area contributed by atoms with Crippen LogP contribution in [0.25, 0.3) is 11.2 Å². The van der Waals surface area contributed by atoms with Gasteiger partial charge >= 0.3 is 5.69 Å². The van der Waals surface area contributed by atoms with Crippen LogP contribution < -0.4 is 16.6 Å². The minimum atomic E-state index is -0.629. The molecule has 0 saturated heterocycles. The van der Waals surface area contributed by atoms with Gasteiger partial charge in [-0.15, -0.1) is 0 Å². The molecular formula is C22H22FN5O4. The van der Waals surface area contributed by atoms with Gasteiger partial charge in [0.2, 0.25) is 5.91 Å². The summed E-state index contributed by atoms with van der Waals surface area (Å²) in [5.74, 6) is -0.510. The molecule has 0 aliphatic rings. The number of aromatic nitrogens is 4. The SMILES string of the molecule is CCCCn1c(=O)n(CC(=O)Nc2cccc(F)c2)c(=O)c2c1ncn2Cc1ccco1. The maximum Gasteiger partial charge on any atom is 0.333 e. The van der Waals surface area contributed by atoms with E-state index in [4.69, 9.17) is 4.42 Å². The van der Waals surface area contributed by atoms with Crippen LogP contribution in [-0.4, -0.2) is 24.6 Å². The van der Waals surface area contributed by atoms with Crippen LogP contribution in [0, 0.1) is 5.82 Å². The van der Waals surface area contributed by atoms with Gasteiger partial charge in [0.15, 0.2) is 11.2 Å². The first-order valence-electron chi connectivity index (χ1n) is 10.2. The van der Waals surface area contributed by atoms with Gasteiger partial charge in [0, 0.05) is 12.2 Å². The minimum Gasteiger partial charge on any atom is -0.467 e. The number of hydrogen-bond donors (Lipinski definition) is 1. The molecule has 1 aromatic carbocycles. The molecule has 4 rings (SSSR count). The molecule has 0 atom stereocenters. The summed E-state index contributed by atoms with van der Waals surface area (Å²) in [6, 6.07) is 8.88. The third kappa shape index (κ3) is 4.25. The van der Waals surface area contributed by atoms with Crippen LogP contribution in [0.15, 0.2) is 63.0 Å². The topological polar surface area (TPSA) is 104 Å². The number of carbonyl (C=O) groups excluding carboxylic acids is 1. The van der Waals surface area contributed by atoms with Crippen molar-refractivity contribution >= 4 is 22.8 Å². The number of imidazole rings is 1. The van der Waals surface area contributed by atoms with E-state index in [2.05, 4.69) is 10.3 Å². The van der Waals surface area contributed by atoms with E-state index in [1.54, 1.807) is 16.7 Å². The largest absolute Gasteiger partial charge is 0.467 e. The summed E-state index contributed by atoms with van der Waals surface area (Å²) in [4.78, 5) is 43.2. The Hall–Kier alpha value is -3.95. The van der Waals surface area contributed by atoms with Crippen LogP contribution in [-0.2, 0) is 24.4 Å². The first kappa shape index (κ1) is 21.3. The van der Waals surface area contributed by atoms with Crippen molar-refractivity contribution in [2.24, 2.45) is 0 Å². The van der Waals surface area contributed by atoms with Gasteiger partial charge in [0.05, 0.1) is 19.1 Å². The summed E-state index contributed by atoms with van der Waals surface area (Å²) < 4.78 is 22.7. The summed E-state index contributed by atoms with van der Waals surface area (Å²) >= 11 is 0. The molecule has 3 heterocycles. The van der Waals surface area contributed by atoms with Gasteiger partial charge in [-0.1, -0.05) is 19.4 Å². The summed E-state index contributed by atoms with van der Waals surface area (Å²) in [5.41, 5.74) is -0.541. The van der Waals surface area contributed by atoms with Crippen LogP contribution in [0.5, 0.6) is 0 Å². The summed E-state index contributed by atoms with van der Waals surface area (Å²) in [6.45, 7) is 2.08. The van der Waals surface area contributed by atoms with Gasteiger partial charge in [0.25, 0.3) is 5.56 Å². The molecule has 0 saturated carbocycles. The molecule has 0 bridgehead atoms. The highest BCUT2D eigenvalue weighted by atomic mass is 19.1. The van der Waals surface area contributed by atoms with Gasteiger partial charge in [-0.25, -0.2) is 18.7 Å². The molecule has 1 amide bonds. The maximum absolute atomic E-state index is 13.4. The van der Waals surface area contributed by atoms with Crippen LogP contribution in [0.2, 0.25) is 0 Å². The predicted octanol–water partition coefficient (Wildman–Crippen LogP) is 2.58. The number of aryl methyl sites for hydroxylation is 1. The Balaban J connectivity index is 1.75. The number of nitrogens with zero attached hydrogens (tertiary/aromatic N) is 4. The second-order valence-corrected chi connectivity index (χ2v) is 7.36. The number of fused-ring (bicyclic) bond motifs is 1. The van der Waals surface area contributed by atoms with E-state index in [9.17, 15) is 18.8 Å². The van der Waals surface area contributed by atoms with E-state index < -0.39 is 29.5 Å². The van der Waals surface area contributed by atoms with E-state index in [0.717, 1.165) is 17.1 Å². The average Bonchev–Trinajstić information content (AvgIpc) is 3.42. The number of carbonyl (C=O) groups is 1. The number of furan rings is 1. The second-order valence-electron chi connectivity index (χ2n) is 7.36. The highest BCUT2D eigenvalue weighted by molar-refractivity contribution is 5.90. The molecule has 3 aromatic heterocycles. The van der Waals surface area contributed by atoms with Crippen molar-refractivity contribution in [2.75, 3.05) is 5.32 Å². The van der Waals surface area contributed by atoms with Crippen molar-refractivity contribution in [3.8, 4) is 0 Å². The van der Waals surface area contributed by atoms with Crippen molar-refractivity contribution in [3.05, 3.63) is 81.4 Å². The third-order valence-electron chi connectivity index (χ3n) is 5.04. The first-order valence-corrected chi connectivity index (χ1v) is 10.2. The van der Waals surface area contributed by atoms with E-state index >= 15 is 0 Å². The fourth-order valence-electron chi connectivity index (χ4n) is 3.50. The fourth-order valence-corrected chi connectivity index (χ4v) is 3.50. The van der Waals surface area contributed by atoms with Gasteiger partial charge in [-0.2, -0.15) is 0 Å². The molecule has 166 valence electrons. The zero-order valence-corrected chi connectivity index (χ0v) is 17.5. The summed E-state index contributed by atoms with van der Waals surface area (Å²) in [6.07, 6.45) is 4.54. The Kier molecular flexibility index (Phi) is 6.02. The van der Waals surface area contributed by atoms with Crippen LogP contribution >= 0.6 is 0 Å². The summed E-state index contributed by atoms with van der Waals surface area (Å²) in [7, 11) is 0. The van der Waals surface area contributed by atoms with Crippen molar-refractivity contribution in [3.63, 3.8) is 0 Å². The second kappa shape index (κ2) is 9.04. The van der Waals surface area contributed by atoms with Gasteiger partial charge < -0.3 is 14.3 Å². The Morgan fingerprint density at radius 3 is 2.75 bits per heavy atom. The number of halogens is 1. The zero-order chi connectivity index (χ0) is 22.7. The molecule has 0 aliphatic carbocycles. The lowest BCUT2D eigenvalue weighted by Crippen LogP contribution is -2.43. The van der Waals surface area contributed by atoms with Crippen LogP contribution in [0.4, 0.5) is 10.1 Å². The molecule has 10 heteroatoms. The number of hydrogen-bond acceptors (Lipinski definition) is 5. The van der Waals surface area contributed by atoms with Crippen molar-refractivity contribution in [2.45, 2.75) is 39.4 Å². The Labute approximate surface area is 181 Å². The number of benzene rings is 1. The van der Waals surface area contributed by atoms with Crippen LogP contribution in [0.3, 0.4) is 0 Å². The molecule has 0 radical (unpaired) electrons. The van der Waals surface area contributed by atoms with E-state index in [1.807, 2.05) is 6.92 Å². The maximum atomic E-state index is 13.4. The molecule has 0 unspecified atom stereocenters. The summed E-state index contributed by atoms with van der Waals surface area (Å²) in [5, 5.41) is 2.52. The molecule has 1 N–H and O–H groups in total. The van der Waals surface area contributed by atoms with Crippen molar-refractivity contribution in [1.82, 2.24) is 18.7 Å². The molecule has 32 heavy (non-hydrogen) atoms. The Morgan fingerprint density at radius 1 is 1.19 bits per heavy atom. The lowest BCUT2D eigenvalue weighted by Gasteiger charge is -2.12. The quantitative estimate of drug-likeness (QED) is 0.454.